The molecule has 0 fully saturated rings. The van der Waals surface area contributed by atoms with Gasteiger partial charge in [-0.15, -0.1) is 0 Å². The van der Waals surface area contributed by atoms with E-state index in [4.69, 9.17) is 0 Å². The molecule has 11 heavy (non-hydrogen) atoms. The van der Waals surface area contributed by atoms with Crippen LogP contribution in [0.2, 0.25) is 0 Å². The molecule has 0 unspecified atom stereocenters. The smallest absolute Gasteiger partial charge is 0.111 e. The van der Waals surface area contributed by atoms with Crippen LogP contribution in [0.5, 0.6) is 0 Å². The Kier molecular flexibility index (Phi) is 2.22. The summed E-state index contributed by atoms with van der Waals surface area (Å²) in [5.41, 5.74) is -0.353. The highest BCUT2D eigenvalue weighted by molar-refractivity contribution is 5.05. The van der Waals surface area contributed by atoms with E-state index < -0.39 is 5.67 Å². The predicted octanol–water partition coefficient (Wildman–Crippen LogP) is 2.37. The largest absolute Gasteiger partial charge is 0.261 e. The first kappa shape index (κ1) is 8.18. The third kappa shape index (κ3) is 3.12. The van der Waals surface area contributed by atoms with Crippen LogP contribution in [-0.2, 0) is 6.42 Å². The van der Waals surface area contributed by atoms with Crippen LogP contribution in [0.3, 0.4) is 0 Å². The van der Waals surface area contributed by atoms with Gasteiger partial charge < -0.3 is 0 Å². The Bertz CT molecular complexity index is 213. The maximum Gasteiger partial charge on any atom is 0.111 e. The second-order valence-electron chi connectivity index (χ2n) is 3.22. The number of aromatic nitrogens is 1. The average molecular weight is 153 g/mol. The monoisotopic (exact) mass is 153 g/mol. The zero-order valence-corrected chi connectivity index (χ0v) is 6.84. The van der Waals surface area contributed by atoms with Crippen molar-refractivity contribution in [2.75, 3.05) is 0 Å². The highest BCUT2D eigenvalue weighted by atomic mass is 19.1. The SMILES string of the molecule is CC(C)(F)Cc1ccccn1. The minimum absolute atomic E-state index is 0.383. The predicted molar refractivity (Wildman–Crippen MR) is 43.1 cm³/mol. The molecule has 0 saturated carbocycles. The molecule has 0 N–H and O–H groups in total. The molecule has 1 aromatic rings. The Morgan fingerprint density at radius 2 is 2.18 bits per heavy atom. The van der Waals surface area contributed by atoms with E-state index in [1.54, 1.807) is 20.0 Å². The fourth-order valence-corrected chi connectivity index (χ4v) is 0.933. The van der Waals surface area contributed by atoms with Crippen LogP contribution < -0.4 is 0 Å². The van der Waals surface area contributed by atoms with E-state index in [0.717, 1.165) is 5.69 Å². The normalized spacial score (nSPS) is 11.5. The quantitative estimate of drug-likeness (QED) is 0.635. The van der Waals surface area contributed by atoms with Gasteiger partial charge in [-0.2, -0.15) is 0 Å². The highest BCUT2D eigenvalue weighted by Gasteiger charge is 2.16. The summed E-state index contributed by atoms with van der Waals surface area (Å²) in [6, 6.07) is 5.53. The Morgan fingerprint density at radius 3 is 2.64 bits per heavy atom. The summed E-state index contributed by atoms with van der Waals surface area (Å²) in [5, 5.41) is 0. The lowest BCUT2D eigenvalue weighted by Crippen LogP contribution is -2.16. The van der Waals surface area contributed by atoms with Crippen LogP contribution >= 0.6 is 0 Å². The van der Waals surface area contributed by atoms with Crippen molar-refractivity contribution >= 4 is 0 Å². The van der Waals surface area contributed by atoms with Gasteiger partial charge in [-0.1, -0.05) is 6.07 Å². The Labute approximate surface area is 66.3 Å². The van der Waals surface area contributed by atoms with Crippen molar-refractivity contribution in [3.63, 3.8) is 0 Å². The molecule has 0 aliphatic heterocycles. The average Bonchev–Trinajstić information content (AvgIpc) is 1.85. The Hall–Kier alpha value is -0.920. The third-order valence-electron chi connectivity index (χ3n) is 1.33. The van der Waals surface area contributed by atoms with Crippen LogP contribution in [0.15, 0.2) is 24.4 Å². The van der Waals surface area contributed by atoms with Crippen molar-refractivity contribution in [2.24, 2.45) is 0 Å². The minimum Gasteiger partial charge on any atom is -0.261 e. The summed E-state index contributed by atoms with van der Waals surface area (Å²) in [7, 11) is 0. The minimum atomic E-state index is -1.16. The number of rotatable bonds is 2. The summed E-state index contributed by atoms with van der Waals surface area (Å²) < 4.78 is 13.0. The van der Waals surface area contributed by atoms with Gasteiger partial charge in [0.05, 0.1) is 0 Å². The fraction of sp³-hybridized carbons (Fsp3) is 0.444. The van der Waals surface area contributed by atoms with Gasteiger partial charge in [0.1, 0.15) is 5.67 Å². The fourth-order valence-electron chi connectivity index (χ4n) is 0.933. The molecule has 0 radical (unpaired) electrons. The van der Waals surface area contributed by atoms with Crippen molar-refractivity contribution in [1.82, 2.24) is 4.98 Å². The van der Waals surface area contributed by atoms with Crippen molar-refractivity contribution in [3.05, 3.63) is 30.1 Å². The highest BCUT2D eigenvalue weighted by Crippen LogP contribution is 2.14. The zero-order valence-electron chi connectivity index (χ0n) is 6.84. The molecule has 0 saturated heterocycles. The summed E-state index contributed by atoms with van der Waals surface area (Å²) in [6.07, 6.45) is 2.06. The standard InChI is InChI=1S/C9H12FN/c1-9(2,10)7-8-5-3-4-6-11-8/h3-6H,7H2,1-2H3. The molecule has 0 aliphatic carbocycles. The number of hydrogen-bond donors (Lipinski definition) is 0. The Balaban J connectivity index is 2.66. The van der Waals surface area contributed by atoms with Crippen molar-refractivity contribution in [3.8, 4) is 0 Å². The van der Waals surface area contributed by atoms with Gasteiger partial charge in [-0.25, -0.2) is 4.39 Å². The first-order valence-corrected chi connectivity index (χ1v) is 3.67. The molecule has 0 aliphatic rings. The van der Waals surface area contributed by atoms with E-state index in [1.165, 1.54) is 0 Å². The lowest BCUT2D eigenvalue weighted by Gasteiger charge is -2.12. The van der Waals surface area contributed by atoms with E-state index in [-0.39, 0.29) is 0 Å². The number of halogens is 1. The number of hydrogen-bond acceptors (Lipinski definition) is 1. The third-order valence-corrected chi connectivity index (χ3v) is 1.33. The lowest BCUT2D eigenvalue weighted by molar-refractivity contribution is 0.215. The second-order valence-corrected chi connectivity index (χ2v) is 3.22. The molecule has 1 nitrogen and oxygen atoms in total. The van der Waals surface area contributed by atoms with E-state index in [1.807, 2.05) is 18.2 Å². The van der Waals surface area contributed by atoms with Crippen molar-refractivity contribution < 1.29 is 4.39 Å². The molecular weight excluding hydrogens is 141 g/mol. The molecule has 0 spiro atoms. The summed E-state index contributed by atoms with van der Waals surface area (Å²) in [5.74, 6) is 0. The summed E-state index contributed by atoms with van der Waals surface area (Å²) in [6.45, 7) is 3.11. The molecular formula is C9H12FN. The van der Waals surface area contributed by atoms with Gasteiger partial charge >= 0.3 is 0 Å². The zero-order chi connectivity index (χ0) is 8.32. The molecule has 1 heterocycles. The van der Waals surface area contributed by atoms with Crippen LogP contribution in [0.1, 0.15) is 19.5 Å². The number of alkyl halides is 1. The van der Waals surface area contributed by atoms with Crippen LogP contribution in [0, 0.1) is 0 Å². The van der Waals surface area contributed by atoms with Gasteiger partial charge in [-0.05, 0) is 26.0 Å². The first-order chi connectivity index (χ1) is 5.08. The van der Waals surface area contributed by atoms with E-state index in [9.17, 15) is 4.39 Å². The van der Waals surface area contributed by atoms with Gasteiger partial charge in [0.25, 0.3) is 0 Å². The first-order valence-electron chi connectivity index (χ1n) is 3.67. The van der Waals surface area contributed by atoms with E-state index >= 15 is 0 Å². The van der Waals surface area contributed by atoms with Crippen LogP contribution in [-0.4, -0.2) is 10.7 Å². The molecule has 0 bridgehead atoms. The number of nitrogens with zero attached hydrogens (tertiary/aromatic N) is 1. The van der Waals surface area contributed by atoms with Crippen molar-refractivity contribution in [2.45, 2.75) is 25.9 Å². The molecule has 1 rings (SSSR count). The van der Waals surface area contributed by atoms with Gasteiger partial charge in [0.15, 0.2) is 0 Å². The Morgan fingerprint density at radius 1 is 1.45 bits per heavy atom. The lowest BCUT2D eigenvalue weighted by atomic mass is 10.0. The summed E-state index contributed by atoms with van der Waals surface area (Å²) >= 11 is 0. The molecule has 1 aromatic heterocycles. The van der Waals surface area contributed by atoms with Crippen LogP contribution in [0.25, 0.3) is 0 Å². The molecule has 0 amide bonds. The van der Waals surface area contributed by atoms with Gasteiger partial charge in [-0.3, -0.25) is 4.98 Å². The molecule has 60 valence electrons. The number of pyridine rings is 1. The van der Waals surface area contributed by atoms with Gasteiger partial charge in [0.2, 0.25) is 0 Å². The van der Waals surface area contributed by atoms with Crippen LogP contribution in [0.4, 0.5) is 4.39 Å². The van der Waals surface area contributed by atoms with E-state index in [0.29, 0.717) is 6.42 Å². The van der Waals surface area contributed by atoms with Crippen molar-refractivity contribution in [1.29, 1.82) is 0 Å². The molecule has 0 atom stereocenters. The topological polar surface area (TPSA) is 12.9 Å². The molecule has 0 aromatic carbocycles. The molecule has 2 heteroatoms. The maximum atomic E-state index is 13.0. The van der Waals surface area contributed by atoms with Gasteiger partial charge in [0, 0.05) is 18.3 Å². The second kappa shape index (κ2) is 2.99. The summed E-state index contributed by atoms with van der Waals surface area (Å²) in [4.78, 5) is 4.02. The maximum absolute atomic E-state index is 13.0. The van der Waals surface area contributed by atoms with E-state index in [2.05, 4.69) is 4.98 Å².